The molecule has 164 valence electrons. The lowest BCUT2D eigenvalue weighted by atomic mass is 10.1. The molecule has 0 aliphatic carbocycles. The second-order valence-electron chi connectivity index (χ2n) is 7.19. The second-order valence-corrected chi connectivity index (χ2v) is 7.19. The number of anilines is 1. The lowest BCUT2D eigenvalue weighted by Gasteiger charge is -2.20. The molecule has 1 aromatic heterocycles. The third-order valence-electron chi connectivity index (χ3n) is 5.11. The quantitative estimate of drug-likeness (QED) is 0.628. The summed E-state index contributed by atoms with van der Waals surface area (Å²) in [5.74, 6) is -0.476. The molecule has 0 saturated heterocycles. The smallest absolute Gasteiger partial charge is 0.305 e. The predicted octanol–water partition coefficient (Wildman–Crippen LogP) is 2.11. The van der Waals surface area contributed by atoms with Gasteiger partial charge in [-0.15, -0.1) is 0 Å². The third kappa shape index (κ3) is 5.37. The highest BCUT2D eigenvalue weighted by molar-refractivity contribution is 6.40. The Morgan fingerprint density at radius 3 is 2.39 bits per heavy atom. The first-order valence-corrected chi connectivity index (χ1v) is 10.3. The van der Waals surface area contributed by atoms with Crippen LogP contribution in [0.1, 0.15) is 43.5 Å². The number of hydrazone groups is 1. The van der Waals surface area contributed by atoms with Crippen LogP contribution in [0.2, 0.25) is 0 Å². The number of Topliss-reactive ketones (excluding diaryl/α,β-unsaturated/α-hetero) is 1. The van der Waals surface area contributed by atoms with Gasteiger partial charge in [-0.3, -0.25) is 35.1 Å². The summed E-state index contributed by atoms with van der Waals surface area (Å²) >= 11 is 0. The number of amides is 2. The van der Waals surface area contributed by atoms with E-state index in [9.17, 15) is 14.4 Å². The zero-order chi connectivity index (χ0) is 22.4. The van der Waals surface area contributed by atoms with Crippen molar-refractivity contribution in [3.8, 4) is 0 Å². The van der Waals surface area contributed by atoms with Crippen molar-refractivity contribution >= 4 is 29.0 Å². The fraction of sp³-hybridized carbons (Fsp3) is 0.364. The van der Waals surface area contributed by atoms with Gasteiger partial charge in [0.25, 0.3) is 5.91 Å². The Hall–Kier alpha value is -3.46. The molecular weight excluding hydrogens is 398 g/mol. The van der Waals surface area contributed by atoms with Crippen LogP contribution in [0.5, 0.6) is 0 Å². The number of nitrogens with one attached hydrogen (secondary N) is 2. The van der Waals surface area contributed by atoms with Crippen LogP contribution in [0.4, 0.5) is 5.69 Å². The highest BCUT2D eigenvalue weighted by atomic mass is 16.4. The summed E-state index contributed by atoms with van der Waals surface area (Å²) in [7, 11) is 0. The average molecular weight is 425 g/mol. The summed E-state index contributed by atoms with van der Waals surface area (Å²) in [6, 6.07) is 11.9. The van der Waals surface area contributed by atoms with E-state index in [2.05, 4.69) is 34.7 Å². The Balaban J connectivity index is 1.61. The maximum Gasteiger partial charge on any atom is 0.305 e. The second kappa shape index (κ2) is 10.0. The van der Waals surface area contributed by atoms with Gasteiger partial charge in [-0.05, 0) is 44.3 Å². The van der Waals surface area contributed by atoms with E-state index in [0.717, 1.165) is 13.1 Å². The monoisotopic (exact) mass is 425 g/mol. The summed E-state index contributed by atoms with van der Waals surface area (Å²) in [6.45, 7) is 7.92. The van der Waals surface area contributed by atoms with Crippen LogP contribution < -0.4 is 15.9 Å². The number of carbonyl (C=O) groups excluding carboxylic acids is 3. The van der Waals surface area contributed by atoms with E-state index >= 15 is 0 Å². The summed E-state index contributed by atoms with van der Waals surface area (Å²) < 4.78 is 5.57. The van der Waals surface area contributed by atoms with Crippen molar-refractivity contribution in [3.63, 3.8) is 0 Å². The number of hydrogen-bond acceptors (Lipinski definition) is 7. The average Bonchev–Trinajstić information content (AvgIpc) is 3.44. The standard InChI is InChI=1S/C22H27N5O4/c1-4-26(5-2)14-17-11-12-20(31-17)22(30)24-23-21(29)18-13-19(15(3)28)27(25-18)16-9-7-6-8-10-16/h6-12,19H,4-5,13-14H2,1-3H3,(H,23,29)(H,24,30). The van der Waals surface area contributed by atoms with Crippen LogP contribution in [0.3, 0.4) is 0 Å². The van der Waals surface area contributed by atoms with Gasteiger partial charge >= 0.3 is 5.91 Å². The normalized spacial score (nSPS) is 15.7. The topological polar surface area (TPSA) is 107 Å². The fourth-order valence-electron chi connectivity index (χ4n) is 3.28. The van der Waals surface area contributed by atoms with Crippen molar-refractivity contribution in [1.82, 2.24) is 15.8 Å². The molecule has 2 amide bonds. The molecule has 3 rings (SSSR count). The van der Waals surface area contributed by atoms with Gasteiger partial charge in [-0.1, -0.05) is 32.0 Å². The Labute approximate surface area is 181 Å². The van der Waals surface area contributed by atoms with Gasteiger partial charge < -0.3 is 4.42 Å². The predicted molar refractivity (Wildman–Crippen MR) is 116 cm³/mol. The maximum atomic E-state index is 12.5. The van der Waals surface area contributed by atoms with E-state index in [1.807, 2.05) is 30.3 Å². The molecule has 0 radical (unpaired) electrons. The van der Waals surface area contributed by atoms with Crippen LogP contribution in [0.25, 0.3) is 0 Å². The largest absolute Gasteiger partial charge is 0.454 e. The lowest BCUT2D eigenvalue weighted by Crippen LogP contribution is -2.44. The molecule has 1 aromatic carbocycles. The zero-order valence-electron chi connectivity index (χ0n) is 17.9. The Morgan fingerprint density at radius 2 is 1.74 bits per heavy atom. The Bertz CT molecular complexity index is 965. The van der Waals surface area contributed by atoms with E-state index in [-0.39, 0.29) is 23.7 Å². The molecule has 2 aromatic rings. The number of furan rings is 1. The highest BCUT2D eigenvalue weighted by Crippen LogP contribution is 2.24. The van der Waals surface area contributed by atoms with E-state index in [0.29, 0.717) is 18.0 Å². The molecule has 2 heterocycles. The SMILES string of the molecule is CCN(CC)Cc1ccc(C(=O)NNC(=O)C2=NN(c3ccccc3)C(C(C)=O)C2)o1. The van der Waals surface area contributed by atoms with Gasteiger partial charge in [0.15, 0.2) is 11.5 Å². The summed E-state index contributed by atoms with van der Waals surface area (Å²) in [6.07, 6.45) is 0.153. The first-order valence-electron chi connectivity index (χ1n) is 10.3. The minimum Gasteiger partial charge on any atom is -0.454 e. The molecule has 31 heavy (non-hydrogen) atoms. The minimum atomic E-state index is -0.576. The number of rotatable bonds is 8. The van der Waals surface area contributed by atoms with Crippen LogP contribution in [-0.4, -0.2) is 47.3 Å². The van der Waals surface area contributed by atoms with Crippen molar-refractivity contribution < 1.29 is 18.8 Å². The van der Waals surface area contributed by atoms with Crippen LogP contribution >= 0.6 is 0 Å². The van der Waals surface area contributed by atoms with Crippen molar-refractivity contribution in [2.75, 3.05) is 18.1 Å². The fourth-order valence-corrected chi connectivity index (χ4v) is 3.28. The minimum absolute atomic E-state index is 0.100. The molecule has 1 unspecified atom stereocenters. The van der Waals surface area contributed by atoms with Crippen molar-refractivity contribution in [2.24, 2.45) is 5.10 Å². The van der Waals surface area contributed by atoms with Crippen LogP contribution in [-0.2, 0) is 16.1 Å². The number of hydrazine groups is 1. The van der Waals surface area contributed by atoms with E-state index < -0.39 is 17.9 Å². The zero-order valence-corrected chi connectivity index (χ0v) is 17.9. The Morgan fingerprint density at radius 1 is 1.06 bits per heavy atom. The highest BCUT2D eigenvalue weighted by Gasteiger charge is 2.34. The molecule has 0 saturated carbocycles. The van der Waals surface area contributed by atoms with Crippen LogP contribution in [0.15, 0.2) is 52.0 Å². The lowest BCUT2D eigenvalue weighted by molar-refractivity contribution is -0.118. The number of ketones is 1. The van der Waals surface area contributed by atoms with Crippen molar-refractivity contribution in [2.45, 2.75) is 39.8 Å². The van der Waals surface area contributed by atoms with Gasteiger partial charge in [0.05, 0.1) is 12.2 Å². The third-order valence-corrected chi connectivity index (χ3v) is 5.11. The molecule has 9 nitrogen and oxygen atoms in total. The van der Waals surface area contributed by atoms with E-state index in [4.69, 9.17) is 4.42 Å². The van der Waals surface area contributed by atoms with Gasteiger partial charge in [0.1, 0.15) is 17.5 Å². The summed E-state index contributed by atoms with van der Waals surface area (Å²) in [5, 5.41) is 5.84. The van der Waals surface area contributed by atoms with Crippen molar-refractivity contribution in [3.05, 3.63) is 54.0 Å². The molecular formula is C22H27N5O4. The molecule has 1 aliphatic rings. The van der Waals surface area contributed by atoms with E-state index in [1.165, 1.54) is 11.9 Å². The first-order chi connectivity index (χ1) is 14.9. The summed E-state index contributed by atoms with van der Waals surface area (Å²) in [4.78, 5) is 39.0. The van der Waals surface area contributed by atoms with Crippen molar-refractivity contribution in [1.29, 1.82) is 0 Å². The number of carbonyl (C=O) groups is 3. The number of nitrogens with zero attached hydrogens (tertiary/aromatic N) is 3. The molecule has 1 atom stereocenters. The van der Waals surface area contributed by atoms with Gasteiger partial charge in [0.2, 0.25) is 0 Å². The molecule has 0 spiro atoms. The van der Waals surface area contributed by atoms with Gasteiger partial charge in [-0.25, -0.2) is 0 Å². The van der Waals surface area contributed by atoms with Crippen LogP contribution in [0, 0.1) is 0 Å². The number of benzene rings is 1. The maximum absolute atomic E-state index is 12.5. The molecule has 9 heteroatoms. The summed E-state index contributed by atoms with van der Waals surface area (Å²) in [5.41, 5.74) is 5.56. The molecule has 1 aliphatic heterocycles. The van der Waals surface area contributed by atoms with Gasteiger partial charge in [0, 0.05) is 6.42 Å². The molecule has 2 N–H and O–H groups in total. The molecule has 0 fully saturated rings. The van der Waals surface area contributed by atoms with Gasteiger partial charge in [-0.2, -0.15) is 5.10 Å². The first kappa shape index (κ1) is 22.2. The number of para-hydroxylation sites is 1. The Kier molecular flexibility index (Phi) is 7.19. The number of hydrogen-bond donors (Lipinski definition) is 2. The van der Waals surface area contributed by atoms with E-state index in [1.54, 1.807) is 12.1 Å². The molecule has 0 bridgehead atoms.